The van der Waals surface area contributed by atoms with Crippen LogP contribution in [0.4, 0.5) is 10.5 Å². The molecule has 1 amide bonds. The summed E-state index contributed by atoms with van der Waals surface area (Å²) in [6, 6.07) is 7.85. The van der Waals surface area contributed by atoms with Crippen LogP contribution in [0.15, 0.2) is 30.6 Å². The van der Waals surface area contributed by atoms with Crippen LogP contribution in [-0.2, 0) is 11.8 Å². The van der Waals surface area contributed by atoms with Crippen molar-refractivity contribution in [1.82, 2.24) is 20.1 Å². The van der Waals surface area contributed by atoms with Crippen molar-refractivity contribution < 1.29 is 9.53 Å². The van der Waals surface area contributed by atoms with Crippen LogP contribution in [0.5, 0.6) is 0 Å². The fourth-order valence-corrected chi connectivity index (χ4v) is 2.04. The SMILES string of the molecule is Cn1cnnc1-c1ccccc1NCCNC(=O)OC(C)(C)C. The second-order valence-corrected chi connectivity index (χ2v) is 6.17. The highest BCUT2D eigenvalue weighted by Crippen LogP contribution is 2.25. The number of nitrogens with one attached hydrogen (secondary N) is 2. The van der Waals surface area contributed by atoms with Gasteiger partial charge in [0.25, 0.3) is 0 Å². The van der Waals surface area contributed by atoms with Crippen LogP contribution >= 0.6 is 0 Å². The first kappa shape index (κ1) is 16.8. The molecule has 0 aliphatic heterocycles. The van der Waals surface area contributed by atoms with Crippen LogP contribution in [0.3, 0.4) is 0 Å². The minimum Gasteiger partial charge on any atom is -0.444 e. The van der Waals surface area contributed by atoms with E-state index in [1.807, 2.05) is 56.7 Å². The van der Waals surface area contributed by atoms with E-state index in [1.54, 1.807) is 6.33 Å². The fourth-order valence-electron chi connectivity index (χ4n) is 2.04. The molecule has 124 valence electrons. The molecule has 0 unspecified atom stereocenters. The molecule has 0 spiro atoms. The summed E-state index contributed by atoms with van der Waals surface area (Å²) in [6.07, 6.45) is 1.25. The molecule has 0 aliphatic carbocycles. The van der Waals surface area contributed by atoms with Crippen LogP contribution < -0.4 is 10.6 Å². The Morgan fingerprint density at radius 3 is 2.65 bits per heavy atom. The van der Waals surface area contributed by atoms with Crippen molar-refractivity contribution >= 4 is 11.8 Å². The van der Waals surface area contributed by atoms with E-state index in [4.69, 9.17) is 4.74 Å². The van der Waals surface area contributed by atoms with Crippen molar-refractivity contribution in [3.8, 4) is 11.4 Å². The highest BCUT2D eigenvalue weighted by molar-refractivity contribution is 5.73. The summed E-state index contributed by atoms with van der Waals surface area (Å²) in [4.78, 5) is 11.6. The van der Waals surface area contributed by atoms with Gasteiger partial charge in [0, 0.05) is 31.4 Å². The maximum atomic E-state index is 11.6. The smallest absolute Gasteiger partial charge is 0.407 e. The Balaban J connectivity index is 1.90. The number of anilines is 1. The predicted molar refractivity (Wildman–Crippen MR) is 89.2 cm³/mol. The van der Waals surface area contributed by atoms with Crippen LogP contribution in [0.25, 0.3) is 11.4 Å². The summed E-state index contributed by atoms with van der Waals surface area (Å²) >= 11 is 0. The van der Waals surface area contributed by atoms with E-state index in [0.29, 0.717) is 13.1 Å². The van der Waals surface area contributed by atoms with Gasteiger partial charge in [0.1, 0.15) is 11.9 Å². The van der Waals surface area contributed by atoms with E-state index in [9.17, 15) is 4.79 Å². The number of hydrogen-bond donors (Lipinski definition) is 2. The number of nitrogens with zero attached hydrogens (tertiary/aromatic N) is 3. The largest absolute Gasteiger partial charge is 0.444 e. The highest BCUT2D eigenvalue weighted by Gasteiger charge is 2.15. The lowest BCUT2D eigenvalue weighted by Crippen LogP contribution is -2.35. The molecule has 7 nitrogen and oxygen atoms in total. The Bertz CT molecular complexity index is 660. The molecule has 1 aromatic heterocycles. The molecule has 0 saturated carbocycles. The molecule has 2 aromatic rings. The Hall–Kier alpha value is -2.57. The lowest BCUT2D eigenvalue weighted by Gasteiger charge is -2.19. The maximum absolute atomic E-state index is 11.6. The third kappa shape index (κ3) is 4.98. The number of benzene rings is 1. The Labute approximate surface area is 136 Å². The minimum absolute atomic E-state index is 0.416. The van der Waals surface area contributed by atoms with Gasteiger partial charge in [-0.15, -0.1) is 10.2 Å². The molecule has 23 heavy (non-hydrogen) atoms. The molecule has 0 aliphatic rings. The summed E-state index contributed by atoms with van der Waals surface area (Å²) in [5.74, 6) is 0.785. The summed E-state index contributed by atoms with van der Waals surface area (Å²) in [5.41, 5.74) is 1.41. The van der Waals surface area contributed by atoms with Crippen molar-refractivity contribution in [2.45, 2.75) is 26.4 Å². The first-order valence-corrected chi connectivity index (χ1v) is 7.51. The van der Waals surface area contributed by atoms with Crippen LogP contribution in [-0.4, -0.2) is 39.5 Å². The van der Waals surface area contributed by atoms with Crippen molar-refractivity contribution in [3.63, 3.8) is 0 Å². The van der Waals surface area contributed by atoms with E-state index in [0.717, 1.165) is 17.1 Å². The minimum atomic E-state index is -0.491. The summed E-state index contributed by atoms with van der Waals surface area (Å²) in [7, 11) is 1.90. The van der Waals surface area contributed by atoms with Crippen LogP contribution in [0, 0.1) is 0 Å². The van der Waals surface area contributed by atoms with Gasteiger partial charge < -0.3 is 19.9 Å². The zero-order valence-electron chi connectivity index (χ0n) is 14.0. The number of carbonyl (C=O) groups is 1. The molecular weight excluding hydrogens is 294 g/mol. The summed E-state index contributed by atoms with van der Waals surface area (Å²) in [5, 5.41) is 14.0. The number of amides is 1. The third-order valence-electron chi connectivity index (χ3n) is 2.99. The standard InChI is InChI=1S/C16H23N5O2/c1-16(2,3)23-15(22)18-10-9-17-13-8-6-5-7-12(13)14-20-19-11-21(14)4/h5-8,11,17H,9-10H2,1-4H3,(H,18,22). The Morgan fingerprint density at radius 1 is 1.26 bits per heavy atom. The fraction of sp³-hybridized carbons (Fsp3) is 0.438. The van der Waals surface area contributed by atoms with Crippen molar-refractivity contribution in [2.75, 3.05) is 18.4 Å². The van der Waals surface area contributed by atoms with E-state index in [1.165, 1.54) is 0 Å². The van der Waals surface area contributed by atoms with Gasteiger partial charge >= 0.3 is 6.09 Å². The lowest BCUT2D eigenvalue weighted by atomic mass is 10.1. The number of rotatable bonds is 5. The van der Waals surface area contributed by atoms with Gasteiger partial charge in [-0.05, 0) is 32.9 Å². The van der Waals surface area contributed by atoms with Crippen LogP contribution in [0.1, 0.15) is 20.8 Å². The quantitative estimate of drug-likeness (QED) is 0.828. The number of carbonyl (C=O) groups excluding carboxylic acids is 1. The van der Waals surface area contributed by atoms with Gasteiger partial charge in [0.05, 0.1) is 0 Å². The zero-order chi connectivity index (χ0) is 16.9. The second kappa shape index (κ2) is 7.13. The highest BCUT2D eigenvalue weighted by atomic mass is 16.6. The van der Waals surface area contributed by atoms with Gasteiger partial charge in [-0.2, -0.15) is 0 Å². The van der Waals surface area contributed by atoms with Crippen molar-refractivity contribution in [3.05, 3.63) is 30.6 Å². The Morgan fingerprint density at radius 2 is 2.00 bits per heavy atom. The molecule has 0 saturated heterocycles. The monoisotopic (exact) mass is 317 g/mol. The molecule has 1 aromatic carbocycles. The average Bonchev–Trinajstić information content (AvgIpc) is 2.88. The zero-order valence-corrected chi connectivity index (χ0v) is 14.0. The molecule has 7 heteroatoms. The van der Waals surface area contributed by atoms with E-state index < -0.39 is 11.7 Å². The average molecular weight is 317 g/mol. The molecular formula is C16H23N5O2. The maximum Gasteiger partial charge on any atom is 0.407 e. The topological polar surface area (TPSA) is 81.1 Å². The lowest BCUT2D eigenvalue weighted by molar-refractivity contribution is 0.0530. The van der Waals surface area contributed by atoms with Gasteiger partial charge in [-0.25, -0.2) is 4.79 Å². The molecule has 0 fully saturated rings. The summed E-state index contributed by atoms with van der Waals surface area (Å²) in [6.45, 7) is 6.54. The number of para-hydroxylation sites is 1. The molecule has 2 N–H and O–H groups in total. The van der Waals surface area contributed by atoms with Gasteiger partial charge in [0.15, 0.2) is 5.82 Å². The third-order valence-corrected chi connectivity index (χ3v) is 2.99. The molecule has 1 heterocycles. The first-order chi connectivity index (χ1) is 10.9. The predicted octanol–water partition coefficient (Wildman–Crippen LogP) is 2.42. The van der Waals surface area contributed by atoms with Crippen molar-refractivity contribution in [1.29, 1.82) is 0 Å². The van der Waals surface area contributed by atoms with Gasteiger partial charge in [0.2, 0.25) is 0 Å². The molecule has 0 bridgehead atoms. The number of alkyl carbamates (subject to hydrolysis) is 1. The number of ether oxygens (including phenoxy) is 1. The van der Waals surface area contributed by atoms with Crippen molar-refractivity contribution in [2.24, 2.45) is 7.05 Å². The first-order valence-electron chi connectivity index (χ1n) is 7.51. The molecule has 2 rings (SSSR count). The molecule has 0 atom stereocenters. The van der Waals surface area contributed by atoms with Gasteiger partial charge in [-0.3, -0.25) is 0 Å². The second-order valence-electron chi connectivity index (χ2n) is 6.17. The molecule has 0 radical (unpaired) electrons. The number of aromatic nitrogens is 3. The van der Waals surface area contributed by atoms with E-state index >= 15 is 0 Å². The Kier molecular flexibility index (Phi) is 5.20. The van der Waals surface area contributed by atoms with Gasteiger partial charge in [-0.1, -0.05) is 12.1 Å². The van der Waals surface area contributed by atoms with E-state index in [2.05, 4.69) is 20.8 Å². The van der Waals surface area contributed by atoms with Crippen LogP contribution in [0.2, 0.25) is 0 Å². The summed E-state index contributed by atoms with van der Waals surface area (Å²) < 4.78 is 7.05. The normalized spacial score (nSPS) is 11.1. The van der Waals surface area contributed by atoms with E-state index in [-0.39, 0.29) is 0 Å². The number of hydrogen-bond acceptors (Lipinski definition) is 5. The number of aryl methyl sites for hydroxylation is 1.